The van der Waals surface area contributed by atoms with Crippen LogP contribution in [0, 0.1) is 0 Å². The summed E-state index contributed by atoms with van der Waals surface area (Å²) in [6, 6.07) is 7.94. The molecule has 1 amide bonds. The molecule has 1 fully saturated rings. The predicted molar refractivity (Wildman–Crippen MR) is 108 cm³/mol. The second-order valence-electron chi connectivity index (χ2n) is 6.94. The summed E-state index contributed by atoms with van der Waals surface area (Å²) in [5.41, 5.74) is 1.80. The Hall–Kier alpha value is -2.65. The normalized spacial score (nSPS) is 17.3. The van der Waals surface area contributed by atoms with Gasteiger partial charge in [-0.05, 0) is 37.0 Å². The van der Waals surface area contributed by atoms with E-state index in [0.29, 0.717) is 18.5 Å². The van der Waals surface area contributed by atoms with Crippen molar-refractivity contribution in [2.75, 3.05) is 19.0 Å². The number of amides is 1. The number of anilines is 1. The number of hydrogen-bond acceptors (Lipinski definition) is 5. The largest absolute Gasteiger partial charge is 0.464 e. The fourth-order valence-corrected chi connectivity index (χ4v) is 5.30. The minimum Gasteiger partial charge on any atom is -0.464 e. The number of carbonyl (C=O) groups excluding carboxylic acids is 2. The van der Waals surface area contributed by atoms with Gasteiger partial charge in [0.2, 0.25) is 15.9 Å². The minimum absolute atomic E-state index is 0.0333. The van der Waals surface area contributed by atoms with Crippen LogP contribution in [-0.4, -0.2) is 48.9 Å². The number of hydrogen-bond donors (Lipinski definition) is 1. The summed E-state index contributed by atoms with van der Waals surface area (Å²) >= 11 is 0. The fourth-order valence-electron chi connectivity index (χ4n) is 3.57. The predicted octanol–water partition coefficient (Wildman–Crippen LogP) is 2.17. The van der Waals surface area contributed by atoms with E-state index >= 15 is 0 Å². The van der Waals surface area contributed by atoms with Crippen LogP contribution >= 0.6 is 0 Å². The summed E-state index contributed by atoms with van der Waals surface area (Å²) in [7, 11) is -1.14. The molecule has 1 aromatic heterocycles. The van der Waals surface area contributed by atoms with Crippen LogP contribution in [0.25, 0.3) is 0 Å². The van der Waals surface area contributed by atoms with Gasteiger partial charge in [-0.15, -0.1) is 0 Å². The van der Waals surface area contributed by atoms with E-state index in [4.69, 9.17) is 0 Å². The van der Waals surface area contributed by atoms with Crippen LogP contribution in [0.2, 0.25) is 0 Å². The maximum atomic E-state index is 13.2. The van der Waals surface area contributed by atoms with Crippen molar-refractivity contribution < 1.29 is 22.7 Å². The Bertz CT molecular complexity index is 1030. The molecule has 2 heterocycles. The highest BCUT2D eigenvalue weighted by atomic mass is 32.2. The number of nitrogens with zero attached hydrogens (tertiary/aromatic N) is 2. The molecule has 1 N–H and O–H groups in total. The summed E-state index contributed by atoms with van der Waals surface area (Å²) in [6.45, 7) is 2.24. The quantitative estimate of drug-likeness (QED) is 0.724. The van der Waals surface area contributed by atoms with Gasteiger partial charge in [-0.25, -0.2) is 13.2 Å². The SMILES string of the molecule is CCc1ccccc1NC(=O)[C@H]1CCCN1S(=O)(=O)c1cc(C(=O)OC)n(C)c1. The summed E-state index contributed by atoms with van der Waals surface area (Å²) in [5.74, 6) is -0.975. The third-order valence-corrected chi connectivity index (χ3v) is 7.02. The Morgan fingerprint density at radius 2 is 2.00 bits per heavy atom. The minimum atomic E-state index is -3.94. The van der Waals surface area contributed by atoms with Crippen LogP contribution in [0.1, 0.15) is 35.8 Å². The molecule has 0 aliphatic carbocycles. The number of aryl methyl sites for hydroxylation is 2. The van der Waals surface area contributed by atoms with Gasteiger partial charge in [0.1, 0.15) is 16.6 Å². The molecule has 0 saturated carbocycles. The topological polar surface area (TPSA) is 97.7 Å². The second-order valence-corrected chi connectivity index (χ2v) is 8.83. The first kappa shape index (κ1) is 21.1. The highest BCUT2D eigenvalue weighted by Gasteiger charge is 2.40. The van der Waals surface area contributed by atoms with Crippen molar-refractivity contribution in [1.82, 2.24) is 8.87 Å². The number of para-hydroxylation sites is 1. The molecule has 0 radical (unpaired) electrons. The zero-order chi connectivity index (χ0) is 21.2. The van der Waals surface area contributed by atoms with Crippen LogP contribution in [0.4, 0.5) is 5.69 Å². The molecular formula is C20H25N3O5S. The summed E-state index contributed by atoms with van der Waals surface area (Å²) in [4.78, 5) is 24.7. The van der Waals surface area contributed by atoms with E-state index in [1.807, 2.05) is 31.2 Å². The molecule has 1 aromatic carbocycles. The average Bonchev–Trinajstić information content (AvgIpc) is 3.35. The van der Waals surface area contributed by atoms with E-state index in [1.165, 1.54) is 28.2 Å². The summed E-state index contributed by atoms with van der Waals surface area (Å²) < 4.78 is 33.7. The van der Waals surface area contributed by atoms with Gasteiger partial charge < -0.3 is 14.6 Å². The summed E-state index contributed by atoms with van der Waals surface area (Å²) in [5, 5.41) is 2.88. The Labute approximate surface area is 170 Å². The molecule has 1 aliphatic heterocycles. The molecular weight excluding hydrogens is 394 g/mol. The lowest BCUT2D eigenvalue weighted by Gasteiger charge is -2.23. The monoisotopic (exact) mass is 419 g/mol. The maximum Gasteiger partial charge on any atom is 0.354 e. The molecule has 8 nitrogen and oxygen atoms in total. The van der Waals surface area contributed by atoms with Gasteiger partial charge in [-0.1, -0.05) is 25.1 Å². The first-order chi connectivity index (χ1) is 13.8. The van der Waals surface area contributed by atoms with Gasteiger partial charge in [0, 0.05) is 25.5 Å². The number of carbonyl (C=O) groups is 2. The third kappa shape index (κ3) is 4.06. The molecule has 3 rings (SSSR count). The van der Waals surface area contributed by atoms with Crippen LogP contribution in [-0.2, 0) is 33.0 Å². The second kappa shape index (κ2) is 8.38. The van der Waals surface area contributed by atoms with Crippen LogP contribution in [0.3, 0.4) is 0 Å². The van der Waals surface area contributed by atoms with Gasteiger partial charge in [0.25, 0.3) is 0 Å². The van der Waals surface area contributed by atoms with Crippen molar-refractivity contribution in [2.24, 2.45) is 7.05 Å². The van der Waals surface area contributed by atoms with Crippen molar-refractivity contribution in [3.63, 3.8) is 0 Å². The Kier molecular flexibility index (Phi) is 6.09. The van der Waals surface area contributed by atoms with Crippen LogP contribution < -0.4 is 5.32 Å². The molecule has 1 saturated heterocycles. The van der Waals surface area contributed by atoms with Crippen LogP contribution in [0.15, 0.2) is 41.4 Å². The zero-order valence-corrected chi connectivity index (χ0v) is 17.5. The van der Waals surface area contributed by atoms with E-state index < -0.39 is 22.0 Å². The van der Waals surface area contributed by atoms with E-state index in [2.05, 4.69) is 10.1 Å². The van der Waals surface area contributed by atoms with Gasteiger partial charge in [0.05, 0.1) is 7.11 Å². The van der Waals surface area contributed by atoms with Crippen molar-refractivity contribution in [3.8, 4) is 0 Å². The Morgan fingerprint density at radius 1 is 1.28 bits per heavy atom. The van der Waals surface area contributed by atoms with Gasteiger partial charge in [0.15, 0.2) is 0 Å². The average molecular weight is 420 g/mol. The number of rotatable bonds is 6. The number of methoxy groups -OCH3 is 1. The molecule has 156 valence electrons. The fraction of sp³-hybridized carbons (Fsp3) is 0.400. The smallest absolute Gasteiger partial charge is 0.354 e. The number of sulfonamides is 1. The number of esters is 1. The lowest BCUT2D eigenvalue weighted by atomic mass is 10.1. The first-order valence-corrected chi connectivity index (χ1v) is 10.9. The lowest BCUT2D eigenvalue weighted by molar-refractivity contribution is -0.119. The Morgan fingerprint density at radius 3 is 2.69 bits per heavy atom. The highest BCUT2D eigenvalue weighted by molar-refractivity contribution is 7.89. The molecule has 1 atom stereocenters. The third-order valence-electron chi connectivity index (χ3n) is 5.14. The van der Waals surface area contributed by atoms with Crippen molar-refractivity contribution in [3.05, 3.63) is 47.8 Å². The summed E-state index contributed by atoms with van der Waals surface area (Å²) in [6.07, 6.45) is 3.14. The van der Waals surface area contributed by atoms with E-state index in [9.17, 15) is 18.0 Å². The molecule has 1 aliphatic rings. The van der Waals surface area contributed by atoms with E-state index in [0.717, 1.165) is 12.0 Å². The number of ether oxygens (including phenoxy) is 1. The van der Waals surface area contributed by atoms with E-state index in [1.54, 1.807) is 7.05 Å². The number of aromatic nitrogens is 1. The highest BCUT2D eigenvalue weighted by Crippen LogP contribution is 2.28. The van der Waals surface area contributed by atoms with Crippen LogP contribution in [0.5, 0.6) is 0 Å². The Balaban J connectivity index is 1.86. The zero-order valence-electron chi connectivity index (χ0n) is 16.7. The van der Waals surface area contributed by atoms with Crippen molar-refractivity contribution in [2.45, 2.75) is 37.1 Å². The van der Waals surface area contributed by atoms with Crippen molar-refractivity contribution >= 4 is 27.6 Å². The number of benzene rings is 1. The molecule has 29 heavy (non-hydrogen) atoms. The molecule has 2 aromatic rings. The molecule has 0 spiro atoms. The first-order valence-electron chi connectivity index (χ1n) is 9.45. The van der Waals surface area contributed by atoms with Gasteiger partial charge in [-0.2, -0.15) is 4.31 Å². The standard InChI is InChI=1S/C20H25N3O5S/c1-4-14-8-5-6-9-16(14)21-19(24)17-10-7-11-23(17)29(26,27)15-12-18(20(25)28-3)22(2)13-15/h5-6,8-9,12-13,17H,4,7,10-11H2,1-3H3,(H,21,24)/t17-/m1/s1. The van der Waals surface area contributed by atoms with Crippen molar-refractivity contribution in [1.29, 1.82) is 0 Å². The van der Waals surface area contributed by atoms with Gasteiger partial charge in [-0.3, -0.25) is 4.79 Å². The number of nitrogens with one attached hydrogen (secondary N) is 1. The maximum absolute atomic E-state index is 13.2. The lowest BCUT2D eigenvalue weighted by Crippen LogP contribution is -2.43. The molecule has 0 unspecified atom stereocenters. The molecule has 0 bridgehead atoms. The van der Waals surface area contributed by atoms with E-state index in [-0.39, 0.29) is 23.0 Å². The van der Waals surface area contributed by atoms with Gasteiger partial charge >= 0.3 is 5.97 Å². The molecule has 9 heteroatoms.